The lowest BCUT2D eigenvalue weighted by atomic mass is 10.1. The number of rotatable bonds is 3. The van der Waals surface area contributed by atoms with Crippen molar-refractivity contribution in [1.29, 1.82) is 0 Å². The number of hydrogen-bond acceptors (Lipinski definition) is 4. The molecular formula is C18H21N3O2. The Bertz CT molecular complexity index is 709. The normalized spacial score (nSPS) is 14.6. The number of carbonyl (C=O) groups is 1. The molecule has 0 bridgehead atoms. The van der Waals surface area contributed by atoms with Crippen LogP contribution in [0.3, 0.4) is 0 Å². The summed E-state index contributed by atoms with van der Waals surface area (Å²) in [6.45, 7) is 6.86. The van der Waals surface area contributed by atoms with Gasteiger partial charge in [-0.1, -0.05) is 17.7 Å². The molecule has 1 aliphatic rings. The molecular weight excluding hydrogens is 290 g/mol. The van der Waals surface area contributed by atoms with Gasteiger partial charge in [0.15, 0.2) is 0 Å². The third kappa shape index (κ3) is 3.51. The van der Waals surface area contributed by atoms with Crippen LogP contribution < -0.4 is 10.2 Å². The number of ether oxygens (including phenoxy) is 1. The van der Waals surface area contributed by atoms with E-state index in [0.29, 0.717) is 18.8 Å². The first kappa shape index (κ1) is 15.5. The Kier molecular flexibility index (Phi) is 4.57. The van der Waals surface area contributed by atoms with Crippen LogP contribution in [0.25, 0.3) is 0 Å². The summed E-state index contributed by atoms with van der Waals surface area (Å²) in [5, 5.41) is 3.00. The fourth-order valence-corrected chi connectivity index (χ4v) is 2.74. The number of nitrogens with zero attached hydrogens (tertiary/aromatic N) is 2. The van der Waals surface area contributed by atoms with Crippen LogP contribution in [0, 0.1) is 13.8 Å². The number of anilines is 2. The summed E-state index contributed by atoms with van der Waals surface area (Å²) >= 11 is 0. The van der Waals surface area contributed by atoms with Crippen molar-refractivity contribution < 1.29 is 9.53 Å². The number of pyridine rings is 1. The second-order valence-corrected chi connectivity index (χ2v) is 5.75. The maximum Gasteiger partial charge on any atom is 0.259 e. The topological polar surface area (TPSA) is 54.5 Å². The van der Waals surface area contributed by atoms with Gasteiger partial charge in [0.25, 0.3) is 5.91 Å². The van der Waals surface area contributed by atoms with Gasteiger partial charge in [0.05, 0.1) is 18.8 Å². The van der Waals surface area contributed by atoms with E-state index in [1.165, 1.54) is 5.56 Å². The minimum atomic E-state index is -0.133. The fourth-order valence-electron chi connectivity index (χ4n) is 2.74. The summed E-state index contributed by atoms with van der Waals surface area (Å²) in [4.78, 5) is 19.2. The van der Waals surface area contributed by atoms with Crippen LogP contribution in [-0.4, -0.2) is 37.2 Å². The summed E-state index contributed by atoms with van der Waals surface area (Å²) in [5.41, 5.74) is 3.65. The molecule has 0 atom stereocenters. The summed E-state index contributed by atoms with van der Waals surface area (Å²) in [6.07, 6.45) is 1.72. The van der Waals surface area contributed by atoms with Crippen LogP contribution in [0.1, 0.15) is 21.5 Å². The van der Waals surface area contributed by atoms with E-state index < -0.39 is 0 Å². The molecule has 2 aromatic rings. The third-order valence-corrected chi connectivity index (χ3v) is 3.97. The zero-order valence-electron chi connectivity index (χ0n) is 13.5. The van der Waals surface area contributed by atoms with Crippen LogP contribution in [0.5, 0.6) is 0 Å². The number of benzene rings is 1. The molecule has 1 aromatic carbocycles. The van der Waals surface area contributed by atoms with E-state index in [1.807, 2.05) is 32.0 Å². The number of aryl methyl sites for hydroxylation is 2. The van der Waals surface area contributed by atoms with Crippen molar-refractivity contribution in [2.75, 3.05) is 36.5 Å². The lowest BCUT2D eigenvalue weighted by molar-refractivity contribution is 0.102. The zero-order chi connectivity index (χ0) is 16.2. The Labute approximate surface area is 136 Å². The van der Waals surface area contributed by atoms with E-state index >= 15 is 0 Å². The number of hydrogen-bond donors (Lipinski definition) is 1. The highest BCUT2D eigenvalue weighted by Crippen LogP contribution is 2.22. The van der Waals surface area contributed by atoms with Crippen molar-refractivity contribution >= 4 is 17.4 Å². The SMILES string of the molecule is Cc1ccc(NC(=O)c2cccnc2N2CCOCC2)c(C)c1. The van der Waals surface area contributed by atoms with Crippen molar-refractivity contribution in [2.45, 2.75) is 13.8 Å². The monoisotopic (exact) mass is 311 g/mol. The van der Waals surface area contributed by atoms with E-state index in [4.69, 9.17) is 4.74 Å². The summed E-state index contributed by atoms with van der Waals surface area (Å²) in [5.74, 6) is 0.588. The van der Waals surface area contributed by atoms with Crippen molar-refractivity contribution in [1.82, 2.24) is 4.98 Å². The van der Waals surface area contributed by atoms with Gasteiger partial charge in [-0.05, 0) is 37.6 Å². The molecule has 0 saturated carbocycles. The van der Waals surface area contributed by atoms with Gasteiger partial charge in [-0.3, -0.25) is 4.79 Å². The molecule has 1 aliphatic heterocycles. The molecule has 23 heavy (non-hydrogen) atoms. The first-order valence-corrected chi connectivity index (χ1v) is 7.81. The number of carbonyl (C=O) groups excluding carboxylic acids is 1. The zero-order valence-corrected chi connectivity index (χ0v) is 13.5. The number of amides is 1. The predicted octanol–water partition coefficient (Wildman–Crippen LogP) is 2.79. The van der Waals surface area contributed by atoms with Gasteiger partial charge in [0.1, 0.15) is 5.82 Å². The standard InChI is InChI=1S/C18H21N3O2/c1-13-5-6-16(14(2)12-13)20-18(22)15-4-3-7-19-17(15)21-8-10-23-11-9-21/h3-7,12H,8-11H2,1-2H3,(H,20,22). The van der Waals surface area contributed by atoms with Crippen LogP contribution in [0.15, 0.2) is 36.5 Å². The van der Waals surface area contributed by atoms with Crippen molar-refractivity contribution in [2.24, 2.45) is 0 Å². The quantitative estimate of drug-likeness (QED) is 0.947. The van der Waals surface area contributed by atoms with Crippen LogP contribution >= 0.6 is 0 Å². The van der Waals surface area contributed by atoms with Gasteiger partial charge in [-0.2, -0.15) is 0 Å². The first-order chi connectivity index (χ1) is 11.1. The first-order valence-electron chi connectivity index (χ1n) is 7.81. The van der Waals surface area contributed by atoms with E-state index in [0.717, 1.165) is 30.2 Å². The van der Waals surface area contributed by atoms with Gasteiger partial charge < -0.3 is 15.0 Å². The molecule has 1 N–H and O–H groups in total. The molecule has 0 radical (unpaired) electrons. The maximum atomic E-state index is 12.7. The summed E-state index contributed by atoms with van der Waals surface area (Å²) in [6, 6.07) is 9.60. The number of aromatic nitrogens is 1. The van der Waals surface area contributed by atoms with E-state index in [1.54, 1.807) is 12.3 Å². The van der Waals surface area contributed by atoms with Crippen molar-refractivity contribution in [3.05, 3.63) is 53.2 Å². The average molecular weight is 311 g/mol. The highest BCUT2D eigenvalue weighted by atomic mass is 16.5. The van der Waals surface area contributed by atoms with Gasteiger partial charge in [0.2, 0.25) is 0 Å². The predicted molar refractivity (Wildman–Crippen MR) is 91.1 cm³/mol. The molecule has 1 saturated heterocycles. The van der Waals surface area contributed by atoms with Crippen LogP contribution in [0.4, 0.5) is 11.5 Å². The third-order valence-electron chi connectivity index (χ3n) is 3.97. The fraction of sp³-hybridized carbons (Fsp3) is 0.333. The highest BCUT2D eigenvalue weighted by Gasteiger charge is 2.20. The highest BCUT2D eigenvalue weighted by molar-refractivity contribution is 6.07. The molecule has 5 heteroatoms. The van der Waals surface area contributed by atoms with Gasteiger partial charge in [-0.25, -0.2) is 4.98 Å². The Morgan fingerprint density at radius 1 is 1.22 bits per heavy atom. The van der Waals surface area contributed by atoms with Crippen molar-refractivity contribution in [3.8, 4) is 0 Å². The molecule has 2 heterocycles. The average Bonchev–Trinajstić information content (AvgIpc) is 2.58. The molecule has 3 rings (SSSR count). The Balaban J connectivity index is 1.84. The number of nitrogens with one attached hydrogen (secondary N) is 1. The van der Waals surface area contributed by atoms with Gasteiger partial charge >= 0.3 is 0 Å². The van der Waals surface area contributed by atoms with E-state index in [2.05, 4.69) is 21.3 Å². The minimum Gasteiger partial charge on any atom is -0.378 e. The molecule has 1 amide bonds. The van der Waals surface area contributed by atoms with Crippen molar-refractivity contribution in [3.63, 3.8) is 0 Å². The van der Waals surface area contributed by atoms with Crippen LogP contribution in [-0.2, 0) is 4.74 Å². The van der Waals surface area contributed by atoms with Gasteiger partial charge in [-0.15, -0.1) is 0 Å². The maximum absolute atomic E-state index is 12.7. The Hall–Kier alpha value is -2.40. The lowest BCUT2D eigenvalue weighted by Crippen LogP contribution is -2.38. The minimum absolute atomic E-state index is 0.133. The summed E-state index contributed by atoms with van der Waals surface area (Å²) < 4.78 is 5.37. The molecule has 0 unspecified atom stereocenters. The molecule has 5 nitrogen and oxygen atoms in total. The Morgan fingerprint density at radius 2 is 2.00 bits per heavy atom. The Morgan fingerprint density at radius 3 is 2.74 bits per heavy atom. The molecule has 1 aromatic heterocycles. The van der Waals surface area contributed by atoms with E-state index in [-0.39, 0.29) is 5.91 Å². The smallest absolute Gasteiger partial charge is 0.259 e. The molecule has 0 spiro atoms. The number of morpholine rings is 1. The lowest BCUT2D eigenvalue weighted by Gasteiger charge is -2.29. The summed E-state index contributed by atoms with van der Waals surface area (Å²) in [7, 11) is 0. The van der Waals surface area contributed by atoms with E-state index in [9.17, 15) is 4.79 Å². The molecule has 1 fully saturated rings. The second-order valence-electron chi connectivity index (χ2n) is 5.75. The molecule has 120 valence electrons. The molecule has 0 aliphatic carbocycles. The largest absolute Gasteiger partial charge is 0.378 e. The van der Waals surface area contributed by atoms with Crippen LogP contribution in [0.2, 0.25) is 0 Å². The van der Waals surface area contributed by atoms with Gasteiger partial charge in [0, 0.05) is 25.0 Å². The second kappa shape index (κ2) is 6.79.